The van der Waals surface area contributed by atoms with Crippen molar-refractivity contribution in [2.45, 2.75) is 12.3 Å². The summed E-state index contributed by atoms with van der Waals surface area (Å²) in [6.45, 7) is 1.65. The van der Waals surface area contributed by atoms with Gasteiger partial charge < -0.3 is 9.84 Å². The van der Waals surface area contributed by atoms with Gasteiger partial charge in [-0.15, -0.1) is 0 Å². The van der Waals surface area contributed by atoms with Crippen LogP contribution in [0.25, 0.3) is 5.57 Å². The molecule has 1 aromatic rings. The van der Waals surface area contributed by atoms with Crippen molar-refractivity contribution in [3.05, 3.63) is 41.2 Å². The number of allylic oxidation sites excluding steroid dienone is 1. The van der Waals surface area contributed by atoms with Crippen LogP contribution < -0.4 is 0 Å². The number of carboxylic acid groups (broad SMARTS) is 1. The maximum absolute atomic E-state index is 11.2. The molecule has 16 heavy (non-hydrogen) atoms. The number of hydrogen-bond donors (Lipinski definition) is 1. The second-order valence-corrected chi connectivity index (χ2v) is 3.79. The number of methoxy groups -OCH3 is 1. The summed E-state index contributed by atoms with van der Waals surface area (Å²) in [7, 11) is 1.47. The monoisotopic (exact) mass is 284 g/mol. The first-order chi connectivity index (χ1) is 7.61. The molecule has 0 amide bonds. The van der Waals surface area contributed by atoms with E-state index in [0.717, 1.165) is 5.56 Å². The van der Waals surface area contributed by atoms with Gasteiger partial charge in [-0.3, -0.25) is 0 Å². The molecule has 0 saturated heterocycles. The smallest absolute Gasteiger partial charge is 0.339 e. The lowest BCUT2D eigenvalue weighted by Crippen LogP contribution is -2.05. The predicted octanol–water partition coefficient (Wildman–Crippen LogP) is 3.04. The quantitative estimate of drug-likeness (QED) is 0.525. The highest BCUT2D eigenvalue weighted by Crippen LogP contribution is 2.24. The Morgan fingerprint density at radius 2 is 2.06 bits per heavy atom. The van der Waals surface area contributed by atoms with Crippen molar-refractivity contribution >= 4 is 27.5 Å². The maximum Gasteiger partial charge on any atom is 0.339 e. The van der Waals surface area contributed by atoms with E-state index in [2.05, 4.69) is 15.9 Å². The van der Waals surface area contributed by atoms with E-state index in [1.165, 1.54) is 7.11 Å². The summed E-state index contributed by atoms with van der Waals surface area (Å²) < 4.78 is 5.01. The number of carbonyl (C=O) groups is 1. The first-order valence-electron chi connectivity index (χ1n) is 4.74. The van der Waals surface area contributed by atoms with Gasteiger partial charge in [-0.1, -0.05) is 40.2 Å². The minimum absolute atomic E-state index is 0.206. The topological polar surface area (TPSA) is 46.5 Å². The summed E-state index contributed by atoms with van der Waals surface area (Å²) >= 11 is 3.34. The molecule has 86 valence electrons. The van der Waals surface area contributed by atoms with Crippen LogP contribution in [0.2, 0.25) is 0 Å². The molecule has 1 rings (SSSR count). The zero-order chi connectivity index (χ0) is 12.1. The van der Waals surface area contributed by atoms with Crippen molar-refractivity contribution in [2.75, 3.05) is 7.11 Å². The van der Waals surface area contributed by atoms with Crippen LogP contribution in [0.1, 0.15) is 18.1 Å². The Morgan fingerprint density at radius 3 is 2.56 bits per heavy atom. The van der Waals surface area contributed by atoms with E-state index in [9.17, 15) is 9.90 Å². The van der Waals surface area contributed by atoms with Crippen LogP contribution in [-0.2, 0) is 14.9 Å². The SMILES string of the molecule is CO/C(C)=C(/C(=O)O)c1ccccc1CBr. The number of halogens is 1. The van der Waals surface area contributed by atoms with E-state index < -0.39 is 5.97 Å². The minimum atomic E-state index is -0.979. The summed E-state index contributed by atoms with van der Waals surface area (Å²) in [6.07, 6.45) is 0. The van der Waals surface area contributed by atoms with Crippen LogP contribution in [0.15, 0.2) is 30.0 Å². The second kappa shape index (κ2) is 5.70. The van der Waals surface area contributed by atoms with Gasteiger partial charge in [0.05, 0.1) is 7.11 Å². The molecular weight excluding hydrogens is 272 g/mol. The third-order valence-electron chi connectivity index (χ3n) is 2.30. The van der Waals surface area contributed by atoms with Crippen molar-refractivity contribution in [2.24, 2.45) is 0 Å². The van der Waals surface area contributed by atoms with Gasteiger partial charge in [-0.2, -0.15) is 0 Å². The molecule has 0 heterocycles. The summed E-state index contributed by atoms with van der Waals surface area (Å²) in [6, 6.07) is 7.35. The molecule has 0 spiro atoms. The first kappa shape index (κ1) is 12.8. The molecule has 0 aliphatic rings. The van der Waals surface area contributed by atoms with Crippen molar-refractivity contribution < 1.29 is 14.6 Å². The molecule has 1 aromatic carbocycles. The molecule has 3 nitrogen and oxygen atoms in total. The van der Waals surface area contributed by atoms with Crippen molar-refractivity contribution in [3.63, 3.8) is 0 Å². The normalized spacial score (nSPS) is 11.9. The molecule has 0 bridgehead atoms. The molecule has 0 aliphatic heterocycles. The van der Waals surface area contributed by atoms with Gasteiger partial charge >= 0.3 is 5.97 Å². The summed E-state index contributed by atoms with van der Waals surface area (Å²) in [4.78, 5) is 11.2. The van der Waals surface area contributed by atoms with Crippen LogP contribution in [-0.4, -0.2) is 18.2 Å². The lowest BCUT2D eigenvalue weighted by atomic mass is 10.00. The van der Waals surface area contributed by atoms with Crippen molar-refractivity contribution in [1.29, 1.82) is 0 Å². The zero-order valence-electron chi connectivity index (χ0n) is 9.16. The Labute approximate surface area is 103 Å². The molecule has 0 aromatic heterocycles. The maximum atomic E-state index is 11.2. The largest absolute Gasteiger partial charge is 0.500 e. The van der Waals surface area contributed by atoms with Crippen LogP contribution >= 0.6 is 15.9 Å². The van der Waals surface area contributed by atoms with Crippen LogP contribution in [0.5, 0.6) is 0 Å². The number of ether oxygens (including phenoxy) is 1. The Kier molecular flexibility index (Phi) is 4.55. The van der Waals surface area contributed by atoms with Gasteiger partial charge in [-0.05, 0) is 18.1 Å². The number of hydrogen-bond acceptors (Lipinski definition) is 2. The van der Waals surface area contributed by atoms with Gasteiger partial charge in [0, 0.05) is 5.33 Å². The average Bonchev–Trinajstić information content (AvgIpc) is 2.29. The van der Waals surface area contributed by atoms with Crippen LogP contribution in [0.3, 0.4) is 0 Å². The highest BCUT2D eigenvalue weighted by atomic mass is 79.9. The average molecular weight is 285 g/mol. The second-order valence-electron chi connectivity index (χ2n) is 3.23. The van der Waals surface area contributed by atoms with Gasteiger partial charge in [0.25, 0.3) is 0 Å². The summed E-state index contributed by atoms with van der Waals surface area (Å²) in [5.74, 6) is -0.575. The van der Waals surface area contributed by atoms with Crippen LogP contribution in [0.4, 0.5) is 0 Å². The van der Waals surface area contributed by atoms with E-state index in [-0.39, 0.29) is 5.57 Å². The standard InChI is InChI=1S/C12H13BrO3/c1-8(16-2)11(12(14)15)10-6-4-3-5-9(10)7-13/h3-6H,7H2,1-2H3,(H,14,15)/b11-8+. The van der Waals surface area contributed by atoms with Gasteiger partial charge in [0.15, 0.2) is 0 Å². The Hall–Kier alpha value is -1.29. The van der Waals surface area contributed by atoms with Gasteiger partial charge in [-0.25, -0.2) is 4.79 Å². The Bertz CT molecular complexity index is 424. The number of carboxylic acids is 1. The summed E-state index contributed by atoms with van der Waals surface area (Å²) in [5.41, 5.74) is 1.82. The molecule has 1 N–H and O–H groups in total. The molecule has 0 aliphatic carbocycles. The van der Waals surface area contributed by atoms with E-state index in [4.69, 9.17) is 4.74 Å². The molecule has 0 fully saturated rings. The highest BCUT2D eigenvalue weighted by molar-refractivity contribution is 9.08. The fraction of sp³-hybridized carbons (Fsp3) is 0.250. The zero-order valence-corrected chi connectivity index (χ0v) is 10.7. The Balaban J connectivity index is 3.38. The molecule has 0 radical (unpaired) electrons. The van der Waals surface area contributed by atoms with Crippen molar-refractivity contribution in [1.82, 2.24) is 0 Å². The lowest BCUT2D eigenvalue weighted by molar-refractivity contribution is -0.130. The number of rotatable bonds is 4. The molecule has 4 heteroatoms. The fourth-order valence-corrected chi connectivity index (χ4v) is 1.93. The lowest BCUT2D eigenvalue weighted by Gasteiger charge is -2.10. The fourth-order valence-electron chi connectivity index (χ4n) is 1.44. The molecule has 0 saturated carbocycles. The van der Waals surface area contributed by atoms with E-state index in [1.54, 1.807) is 13.0 Å². The first-order valence-corrected chi connectivity index (χ1v) is 5.86. The van der Waals surface area contributed by atoms with Crippen molar-refractivity contribution in [3.8, 4) is 0 Å². The van der Waals surface area contributed by atoms with Gasteiger partial charge in [0.1, 0.15) is 11.3 Å². The number of benzene rings is 1. The third kappa shape index (κ3) is 2.64. The van der Waals surface area contributed by atoms with E-state index in [1.807, 2.05) is 18.2 Å². The highest BCUT2D eigenvalue weighted by Gasteiger charge is 2.17. The predicted molar refractivity (Wildman–Crippen MR) is 66.3 cm³/mol. The van der Waals surface area contributed by atoms with E-state index >= 15 is 0 Å². The van der Waals surface area contributed by atoms with Crippen LogP contribution in [0, 0.1) is 0 Å². The van der Waals surface area contributed by atoms with E-state index in [0.29, 0.717) is 16.7 Å². The third-order valence-corrected chi connectivity index (χ3v) is 2.91. The van der Waals surface area contributed by atoms with Gasteiger partial charge in [0.2, 0.25) is 0 Å². The minimum Gasteiger partial charge on any atom is -0.500 e. The number of alkyl halides is 1. The number of aliphatic carboxylic acids is 1. The molecule has 0 atom stereocenters. The Morgan fingerprint density at radius 1 is 1.44 bits per heavy atom. The molecule has 0 unspecified atom stereocenters. The summed E-state index contributed by atoms with van der Waals surface area (Å²) in [5, 5.41) is 9.80. The molecular formula is C12H13BrO3.